The van der Waals surface area contributed by atoms with Gasteiger partial charge in [-0.05, 0) is 19.3 Å². The summed E-state index contributed by atoms with van der Waals surface area (Å²) in [5.74, 6) is 0.375. The Morgan fingerprint density at radius 3 is 2.15 bits per heavy atom. The quantitative estimate of drug-likeness (QED) is 0.655. The van der Waals surface area contributed by atoms with Crippen molar-refractivity contribution >= 4 is 0 Å². The molecule has 3 nitrogen and oxygen atoms in total. The fourth-order valence-electron chi connectivity index (χ4n) is 1.52. The van der Waals surface area contributed by atoms with Crippen molar-refractivity contribution in [2.24, 2.45) is 17.1 Å². The maximum absolute atomic E-state index is 9.36. The van der Waals surface area contributed by atoms with Gasteiger partial charge in [-0.15, -0.1) is 0 Å². The third-order valence-corrected chi connectivity index (χ3v) is 3.04. The zero-order chi connectivity index (χ0) is 10.5. The second-order valence-electron chi connectivity index (χ2n) is 4.13. The summed E-state index contributed by atoms with van der Waals surface area (Å²) in [7, 11) is 1.68. The van der Waals surface area contributed by atoms with E-state index < -0.39 is 0 Å². The molecule has 0 aliphatic heterocycles. The fraction of sp³-hybridized carbons (Fsp3) is 1.00. The Morgan fingerprint density at radius 2 is 1.92 bits per heavy atom. The smallest absolute Gasteiger partial charge is 0.0550 e. The van der Waals surface area contributed by atoms with Crippen LogP contribution < -0.4 is 5.73 Å². The molecule has 0 bridgehead atoms. The number of methoxy groups -OCH3 is 1. The van der Waals surface area contributed by atoms with E-state index in [1.165, 1.54) is 0 Å². The Morgan fingerprint density at radius 1 is 1.38 bits per heavy atom. The standard InChI is InChI=1S/C10H23NO2/c1-8(2)10(6-11,7-12)5-9(3)13-4/h8-9,12H,5-7,11H2,1-4H3. The molecule has 2 unspecified atom stereocenters. The first-order valence-electron chi connectivity index (χ1n) is 4.86. The lowest BCUT2D eigenvalue weighted by Crippen LogP contribution is -2.41. The minimum atomic E-state index is -0.185. The van der Waals surface area contributed by atoms with E-state index in [-0.39, 0.29) is 18.1 Å². The predicted octanol–water partition coefficient (Wildman–Crippen LogP) is 1.00. The number of aliphatic hydroxyl groups is 1. The SMILES string of the molecule is COC(C)CC(CN)(CO)C(C)C. The van der Waals surface area contributed by atoms with Gasteiger partial charge < -0.3 is 15.6 Å². The van der Waals surface area contributed by atoms with Gasteiger partial charge in [0.1, 0.15) is 0 Å². The predicted molar refractivity (Wildman–Crippen MR) is 54.5 cm³/mol. The fourth-order valence-corrected chi connectivity index (χ4v) is 1.52. The summed E-state index contributed by atoms with van der Waals surface area (Å²) in [5, 5.41) is 9.36. The summed E-state index contributed by atoms with van der Waals surface area (Å²) >= 11 is 0. The molecule has 0 aromatic heterocycles. The summed E-state index contributed by atoms with van der Waals surface area (Å²) in [6.07, 6.45) is 0.965. The molecule has 3 N–H and O–H groups in total. The van der Waals surface area contributed by atoms with Crippen molar-refractivity contribution in [3.8, 4) is 0 Å². The normalized spacial score (nSPS) is 18.7. The van der Waals surface area contributed by atoms with Gasteiger partial charge in [0.15, 0.2) is 0 Å². The van der Waals surface area contributed by atoms with Gasteiger partial charge in [0.25, 0.3) is 0 Å². The molecular formula is C10H23NO2. The number of rotatable bonds is 6. The number of hydrogen-bond acceptors (Lipinski definition) is 3. The molecule has 0 aliphatic carbocycles. The second-order valence-corrected chi connectivity index (χ2v) is 4.13. The highest BCUT2D eigenvalue weighted by molar-refractivity contribution is 4.84. The highest BCUT2D eigenvalue weighted by Crippen LogP contribution is 2.31. The topological polar surface area (TPSA) is 55.5 Å². The Hall–Kier alpha value is -0.120. The Kier molecular flexibility index (Phi) is 5.53. The molecule has 0 rings (SSSR count). The van der Waals surface area contributed by atoms with Crippen molar-refractivity contribution in [1.29, 1.82) is 0 Å². The van der Waals surface area contributed by atoms with E-state index in [0.29, 0.717) is 12.5 Å². The summed E-state index contributed by atoms with van der Waals surface area (Å²) in [6, 6.07) is 0. The molecule has 0 radical (unpaired) electrons. The van der Waals surface area contributed by atoms with E-state index in [9.17, 15) is 5.11 Å². The van der Waals surface area contributed by atoms with Crippen LogP contribution in [0.3, 0.4) is 0 Å². The van der Waals surface area contributed by atoms with E-state index in [1.807, 2.05) is 6.92 Å². The first-order valence-corrected chi connectivity index (χ1v) is 4.86. The van der Waals surface area contributed by atoms with Gasteiger partial charge >= 0.3 is 0 Å². The Balaban J connectivity index is 4.38. The molecule has 13 heavy (non-hydrogen) atoms. The van der Waals surface area contributed by atoms with Crippen molar-refractivity contribution in [1.82, 2.24) is 0 Å². The monoisotopic (exact) mass is 189 g/mol. The molecule has 3 heteroatoms. The third kappa shape index (κ3) is 3.25. The highest BCUT2D eigenvalue weighted by atomic mass is 16.5. The van der Waals surface area contributed by atoms with Gasteiger partial charge in [-0.25, -0.2) is 0 Å². The molecule has 0 spiro atoms. The van der Waals surface area contributed by atoms with Gasteiger partial charge in [0.2, 0.25) is 0 Å². The van der Waals surface area contributed by atoms with Gasteiger partial charge in [0, 0.05) is 19.1 Å². The third-order valence-electron chi connectivity index (χ3n) is 3.04. The molecular weight excluding hydrogens is 166 g/mol. The van der Waals surface area contributed by atoms with Gasteiger partial charge in [-0.1, -0.05) is 13.8 Å². The van der Waals surface area contributed by atoms with Crippen LogP contribution >= 0.6 is 0 Å². The summed E-state index contributed by atoms with van der Waals surface area (Å²) in [5.41, 5.74) is 5.52. The molecule has 2 atom stereocenters. The molecule has 0 fully saturated rings. The summed E-state index contributed by atoms with van der Waals surface area (Å²) < 4.78 is 5.19. The highest BCUT2D eigenvalue weighted by Gasteiger charge is 2.33. The first-order chi connectivity index (χ1) is 6.02. The van der Waals surface area contributed by atoms with Crippen LogP contribution in [0.5, 0.6) is 0 Å². The molecule has 0 saturated carbocycles. The number of hydrogen-bond donors (Lipinski definition) is 2. The maximum Gasteiger partial charge on any atom is 0.0550 e. The van der Waals surface area contributed by atoms with Gasteiger partial charge in [0.05, 0.1) is 12.7 Å². The van der Waals surface area contributed by atoms with Gasteiger partial charge in [-0.3, -0.25) is 0 Å². The van der Waals surface area contributed by atoms with Crippen LogP contribution in [0.15, 0.2) is 0 Å². The van der Waals surface area contributed by atoms with Crippen LogP contribution in [0.2, 0.25) is 0 Å². The van der Waals surface area contributed by atoms with Crippen LogP contribution in [0.25, 0.3) is 0 Å². The van der Waals surface area contributed by atoms with Crippen molar-refractivity contribution < 1.29 is 9.84 Å². The second kappa shape index (κ2) is 5.58. The zero-order valence-corrected chi connectivity index (χ0v) is 9.21. The lowest BCUT2D eigenvalue weighted by atomic mass is 9.74. The van der Waals surface area contributed by atoms with Crippen LogP contribution in [-0.2, 0) is 4.74 Å². The van der Waals surface area contributed by atoms with Crippen molar-refractivity contribution in [3.05, 3.63) is 0 Å². The van der Waals surface area contributed by atoms with Crippen LogP contribution in [0.4, 0.5) is 0 Å². The Bertz CT molecular complexity index is 133. The average molecular weight is 189 g/mol. The Labute approximate surface area is 81.3 Å². The molecule has 0 aromatic rings. The average Bonchev–Trinajstić information content (AvgIpc) is 2.13. The largest absolute Gasteiger partial charge is 0.396 e. The van der Waals surface area contributed by atoms with E-state index in [0.717, 1.165) is 6.42 Å². The molecule has 80 valence electrons. The zero-order valence-electron chi connectivity index (χ0n) is 9.21. The summed E-state index contributed by atoms with van der Waals surface area (Å²) in [6.45, 7) is 6.82. The summed E-state index contributed by atoms with van der Waals surface area (Å²) in [4.78, 5) is 0. The van der Waals surface area contributed by atoms with Crippen molar-refractivity contribution in [2.45, 2.75) is 33.3 Å². The van der Waals surface area contributed by atoms with Crippen LogP contribution in [-0.4, -0.2) is 31.5 Å². The number of ether oxygens (including phenoxy) is 1. The number of nitrogens with two attached hydrogens (primary N) is 1. The van der Waals surface area contributed by atoms with E-state index in [1.54, 1.807) is 7.11 Å². The minimum absolute atomic E-state index is 0.134. The van der Waals surface area contributed by atoms with Crippen molar-refractivity contribution in [3.63, 3.8) is 0 Å². The maximum atomic E-state index is 9.36. The van der Waals surface area contributed by atoms with E-state index in [2.05, 4.69) is 13.8 Å². The molecule has 0 aromatic carbocycles. The number of aliphatic hydroxyl groups excluding tert-OH is 1. The molecule has 0 heterocycles. The lowest BCUT2D eigenvalue weighted by molar-refractivity contribution is 0.0100. The minimum Gasteiger partial charge on any atom is -0.396 e. The lowest BCUT2D eigenvalue weighted by Gasteiger charge is -2.36. The molecule has 0 amide bonds. The molecule has 0 saturated heterocycles. The van der Waals surface area contributed by atoms with E-state index in [4.69, 9.17) is 10.5 Å². The van der Waals surface area contributed by atoms with E-state index >= 15 is 0 Å². The van der Waals surface area contributed by atoms with Crippen molar-refractivity contribution in [2.75, 3.05) is 20.3 Å². The van der Waals surface area contributed by atoms with Crippen LogP contribution in [0, 0.1) is 11.3 Å². The van der Waals surface area contributed by atoms with Crippen LogP contribution in [0.1, 0.15) is 27.2 Å². The molecule has 0 aliphatic rings. The van der Waals surface area contributed by atoms with Gasteiger partial charge in [-0.2, -0.15) is 0 Å². The first kappa shape index (κ1) is 12.9.